The number of hydrogen-bond donors (Lipinski definition) is 0. The van der Waals surface area contributed by atoms with Crippen molar-refractivity contribution in [2.24, 2.45) is 4.99 Å². The van der Waals surface area contributed by atoms with Crippen molar-refractivity contribution in [3.63, 3.8) is 0 Å². The monoisotopic (exact) mass is 448 g/mol. The van der Waals surface area contributed by atoms with Crippen LogP contribution in [0.1, 0.15) is 0 Å². The van der Waals surface area contributed by atoms with Gasteiger partial charge in [-0.1, -0.05) is 40.5 Å². The number of nitrogens with zero attached hydrogens (tertiary/aromatic N) is 2. The van der Waals surface area contributed by atoms with Gasteiger partial charge in [-0.3, -0.25) is 4.79 Å². The molecule has 6 nitrogen and oxygen atoms in total. The third-order valence-electron chi connectivity index (χ3n) is 4.06. The van der Waals surface area contributed by atoms with E-state index in [1.165, 1.54) is 11.3 Å². The van der Waals surface area contributed by atoms with Gasteiger partial charge in [0.25, 0.3) is 5.91 Å². The van der Waals surface area contributed by atoms with Gasteiger partial charge < -0.3 is 18.8 Å². The summed E-state index contributed by atoms with van der Waals surface area (Å²) in [6.45, 7) is 0.969. The van der Waals surface area contributed by atoms with Crippen molar-refractivity contribution in [1.29, 1.82) is 0 Å². The van der Waals surface area contributed by atoms with E-state index in [0.29, 0.717) is 45.3 Å². The summed E-state index contributed by atoms with van der Waals surface area (Å²) in [5, 5.41) is 0.801. The zero-order valence-electron chi connectivity index (χ0n) is 15.0. The Balaban J connectivity index is 1.64. The molecular weight excluding hydrogens is 435 g/mol. The number of hydrogen-bond acceptors (Lipinski definition) is 5. The number of amides is 1. The SMILES string of the molecule is C#CCn1c(=NC(=O)COc2ccc(Cl)cc2Cl)sc2cc3c(cc21)OCCO3. The highest BCUT2D eigenvalue weighted by Gasteiger charge is 2.16. The number of terminal acetylenes is 1. The van der Waals surface area contributed by atoms with E-state index in [2.05, 4.69) is 10.9 Å². The molecule has 0 radical (unpaired) electrons. The van der Waals surface area contributed by atoms with Gasteiger partial charge in [0.2, 0.25) is 0 Å². The molecule has 148 valence electrons. The zero-order chi connectivity index (χ0) is 20.4. The van der Waals surface area contributed by atoms with Gasteiger partial charge in [-0.2, -0.15) is 4.99 Å². The summed E-state index contributed by atoms with van der Waals surface area (Å²) in [7, 11) is 0. The number of rotatable bonds is 4. The van der Waals surface area contributed by atoms with Crippen LogP contribution in [0.25, 0.3) is 10.2 Å². The van der Waals surface area contributed by atoms with Crippen molar-refractivity contribution in [3.8, 4) is 29.6 Å². The number of carbonyl (C=O) groups excluding carboxylic acids is 1. The molecule has 0 fully saturated rings. The van der Waals surface area contributed by atoms with E-state index >= 15 is 0 Å². The number of carbonyl (C=O) groups is 1. The first-order valence-electron chi connectivity index (χ1n) is 8.57. The van der Waals surface area contributed by atoms with E-state index in [1.54, 1.807) is 22.8 Å². The molecular formula is C20H14Cl2N2O4S. The Morgan fingerprint density at radius 3 is 2.72 bits per heavy atom. The molecule has 0 N–H and O–H groups in total. The first-order chi connectivity index (χ1) is 14.0. The average Bonchev–Trinajstić information content (AvgIpc) is 3.02. The summed E-state index contributed by atoms with van der Waals surface area (Å²) in [6, 6.07) is 8.49. The third kappa shape index (κ3) is 4.20. The zero-order valence-corrected chi connectivity index (χ0v) is 17.3. The normalized spacial score (nSPS) is 13.3. The number of halogens is 2. The van der Waals surface area contributed by atoms with E-state index in [9.17, 15) is 4.79 Å². The molecule has 0 saturated heterocycles. The van der Waals surface area contributed by atoms with Gasteiger partial charge >= 0.3 is 0 Å². The van der Waals surface area contributed by atoms with Crippen LogP contribution in [0.2, 0.25) is 10.0 Å². The van der Waals surface area contributed by atoms with Crippen LogP contribution in [-0.2, 0) is 11.3 Å². The lowest BCUT2D eigenvalue weighted by atomic mass is 10.2. The Labute approximate surface area is 180 Å². The fraction of sp³-hybridized carbons (Fsp3) is 0.200. The van der Waals surface area contributed by atoms with Crippen LogP contribution in [0.5, 0.6) is 17.2 Å². The molecule has 2 heterocycles. The molecule has 0 atom stereocenters. The van der Waals surface area contributed by atoms with E-state index in [-0.39, 0.29) is 13.2 Å². The first-order valence-corrected chi connectivity index (χ1v) is 10.1. The fourth-order valence-corrected chi connectivity index (χ4v) is 4.33. The second-order valence-corrected chi connectivity index (χ2v) is 7.86. The van der Waals surface area contributed by atoms with Crippen LogP contribution in [0.15, 0.2) is 35.3 Å². The number of thiazole rings is 1. The summed E-state index contributed by atoms with van der Waals surface area (Å²) in [5.41, 5.74) is 0.824. The summed E-state index contributed by atoms with van der Waals surface area (Å²) in [5.74, 6) is 3.79. The Bertz CT molecular complexity index is 1210. The van der Waals surface area contributed by atoms with E-state index in [1.807, 2.05) is 12.1 Å². The topological polar surface area (TPSA) is 62.1 Å². The fourth-order valence-electron chi connectivity index (χ4n) is 2.81. The first kappa shape index (κ1) is 19.6. The van der Waals surface area contributed by atoms with Gasteiger partial charge in [0.1, 0.15) is 19.0 Å². The van der Waals surface area contributed by atoms with E-state index in [4.69, 9.17) is 43.8 Å². The Hall–Kier alpha value is -2.66. The third-order valence-corrected chi connectivity index (χ3v) is 5.63. The van der Waals surface area contributed by atoms with E-state index in [0.717, 1.165) is 10.2 Å². The highest BCUT2D eigenvalue weighted by atomic mass is 35.5. The van der Waals surface area contributed by atoms with Crippen molar-refractivity contribution in [2.75, 3.05) is 19.8 Å². The van der Waals surface area contributed by atoms with Crippen molar-refractivity contribution in [2.45, 2.75) is 6.54 Å². The lowest BCUT2D eigenvalue weighted by Crippen LogP contribution is -2.19. The Kier molecular flexibility index (Phi) is 5.67. The summed E-state index contributed by atoms with van der Waals surface area (Å²) in [4.78, 5) is 17.0. The van der Waals surface area contributed by atoms with Crippen LogP contribution < -0.4 is 19.0 Å². The molecule has 4 rings (SSSR count). The minimum atomic E-state index is -0.467. The van der Waals surface area contributed by atoms with Crippen molar-refractivity contribution in [3.05, 3.63) is 45.2 Å². The number of aromatic nitrogens is 1. The van der Waals surface area contributed by atoms with E-state index < -0.39 is 5.91 Å². The molecule has 0 aliphatic carbocycles. The van der Waals surface area contributed by atoms with Crippen LogP contribution >= 0.6 is 34.5 Å². The van der Waals surface area contributed by atoms with Gasteiger partial charge in [0.05, 0.1) is 21.8 Å². The molecule has 29 heavy (non-hydrogen) atoms. The predicted octanol–water partition coefficient (Wildman–Crippen LogP) is 3.92. The molecule has 0 unspecified atom stereocenters. The smallest absolute Gasteiger partial charge is 0.286 e. The minimum Gasteiger partial charge on any atom is -0.486 e. The average molecular weight is 449 g/mol. The molecule has 2 aromatic carbocycles. The molecule has 1 aromatic heterocycles. The maximum Gasteiger partial charge on any atom is 0.286 e. The standard InChI is InChI=1S/C20H14Cl2N2O4S/c1-2-5-24-14-9-16-17(27-7-6-26-16)10-18(14)29-20(24)23-19(25)11-28-15-4-3-12(21)8-13(15)22/h1,3-4,8-10H,5-7,11H2. The molecule has 0 spiro atoms. The van der Waals surface area contributed by atoms with Gasteiger partial charge in [0, 0.05) is 17.2 Å². The lowest BCUT2D eigenvalue weighted by molar-refractivity contribution is -0.120. The maximum atomic E-state index is 12.4. The highest BCUT2D eigenvalue weighted by molar-refractivity contribution is 7.16. The molecule has 3 aromatic rings. The second-order valence-electron chi connectivity index (χ2n) is 6.01. The van der Waals surface area contributed by atoms with Gasteiger partial charge in [-0.25, -0.2) is 0 Å². The molecule has 0 saturated carbocycles. The molecule has 0 bridgehead atoms. The Morgan fingerprint density at radius 2 is 2.00 bits per heavy atom. The highest BCUT2D eigenvalue weighted by Crippen LogP contribution is 2.35. The van der Waals surface area contributed by atoms with Crippen LogP contribution in [0.3, 0.4) is 0 Å². The Morgan fingerprint density at radius 1 is 1.24 bits per heavy atom. The van der Waals surface area contributed by atoms with Crippen molar-refractivity contribution >= 4 is 50.7 Å². The summed E-state index contributed by atoms with van der Waals surface area (Å²) >= 11 is 13.3. The number of ether oxygens (including phenoxy) is 3. The van der Waals surface area contributed by atoms with Crippen LogP contribution in [0, 0.1) is 12.3 Å². The van der Waals surface area contributed by atoms with Crippen molar-refractivity contribution < 1.29 is 19.0 Å². The minimum absolute atomic E-state index is 0.260. The molecule has 9 heteroatoms. The lowest BCUT2D eigenvalue weighted by Gasteiger charge is -2.18. The summed E-state index contributed by atoms with van der Waals surface area (Å²) in [6.07, 6.45) is 5.51. The molecule has 1 amide bonds. The van der Waals surface area contributed by atoms with Crippen LogP contribution in [0.4, 0.5) is 0 Å². The molecule has 1 aliphatic rings. The van der Waals surface area contributed by atoms with Gasteiger partial charge in [-0.15, -0.1) is 6.42 Å². The van der Waals surface area contributed by atoms with Crippen molar-refractivity contribution in [1.82, 2.24) is 4.57 Å². The number of benzene rings is 2. The quantitative estimate of drug-likeness (QED) is 0.567. The second kappa shape index (κ2) is 8.37. The summed E-state index contributed by atoms with van der Waals surface area (Å²) < 4.78 is 19.4. The van der Waals surface area contributed by atoms with Gasteiger partial charge in [0.15, 0.2) is 22.9 Å². The predicted molar refractivity (Wildman–Crippen MR) is 112 cm³/mol. The largest absolute Gasteiger partial charge is 0.486 e. The maximum absolute atomic E-state index is 12.4. The molecule has 1 aliphatic heterocycles. The van der Waals surface area contributed by atoms with Crippen LogP contribution in [-0.4, -0.2) is 30.3 Å². The van der Waals surface area contributed by atoms with Gasteiger partial charge in [-0.05, 0) is 18.2 Å². The number of fused-ring (bicyclic) bond motifs is 2.